The first-order chi connectivity index (χ1) is 16.6. The Hall–Kier alpha value is -3.42. The van der Waals surface area contributed by atoms with Crippen LogP contribution in [0.25, 0.3) is 11.3 Å². The van der Waals surface area contributed by atoms with Crippen LogP contribution in [0.4, 0.5) is 0 Å². The zero-order valence-corrected chi connectivity index (χ0v) is 19.5. The van der Waals surface area contributed by atoms with Crippen LogP contribution in [0, 0.1) is 0 Å². The highest BCUT2D eigenvalue weighted by molar-refractivity contribution is 6.30. The molecular weight excluding hydrogens is 450 g/mol. The van der Waals surface area contributed by atoms with Crippen LogP contribution in [0.15, 0.2) is 71.1 Å². The van der Waals surface area contributed by atoms with Crippen LogP contribution in [-0.4, -0.2) is 38.7 Å². The van der Waals surface area contributed by atoms with E-state index in [1.165, 1.54) is 0 Å². The fraction of sp³-hybridized carbons (Fsp3) is 0.269. The second-order valence-corrected chi connectivity index (χ2v) is 8.86. The molecule has 1 aliphatic heterocycles. The molecule has 5 rings (SSSR count). The van der Waals surface area contributed by atoms with Crippen LogP contribution in [-0.2, 0) is 37.3 Å². The minimum atomic E-state index is -0.0203. The number of carbonyl (C=O) groups excluding carboxylic acids is 1. The number of hydrogen-bond donors (Lipinski definition) is 1. The van der Waals surface area contributed by atoms with E-state index in [-0.39, 0.29) is 5.91 Å². The molecule has 0 spiro atoms. The van der Waals surface area contributed by atoms with Crippen molar-refractivity contribution in [3.63, 3.8) is 0 Å². The Kier molecular flexibility index (Phi) is 6.74. The smallest absolute Gasteiger partial charge is 0.224 e. The minimum absolute atomic E-state index is 0.0203. The molecule has 34 heavy (non-hydrogen) atoms. The van der Waals surface area contributed by atoms with Crippen molar-refractivity contribution in [1.82, 2.24) is 25.0 Å². The predicted octanol–water partition coefficient (Wildman–Crippen LogP) is 4.11. The Morgan fingerprint density at radius 3 is 2.62 bits per heavy atom. The molecule has 1 aliphatic rings. The number of benzene rings is 2. The molecular formula is C26H26ClN5O2. The second kappa shape index (κ2) is 10.2. The summed E-state index contributed by atoms with van der Waals surface area (Å²) in [4.78, 5) is 14.7. The van der Waals surface area contributed by atoms with E-state index < -0.39 is 0 Å². The normalized spacial score (nSPS) is 13.9. The second-order valence-electron chi connectivity index (χ2n) is 8.42. The van der Waals surface area contributed by atoms with E-state index in [1.807, 2.05) is 66.7 Å². The first kappa shape index (κ1) is 22.4. The van der Waals surface area contributed by atoms with Gasteiger partial charge in [0, 0.05) is 36.6 Å². The summed E-state index contributed by atoms with van der Waals surface area (Å²) in [6.45, 7) is 3.61. The zero-order valence-electron chi connectivity index (χ0n) is 18.8. The summed E-state index contributed by atoms with van der Waals surface area (Å²) in [7, 11) is 0. The summed E-state index contributed by atoms with van der Waals surface area (Å²) in [6.07, 6.45) is 1.16. The van der Waals surface area contributed by atoms with E-state index in [2.05, 4.69) is 25.0 Å². The van der Waals surface area contributed by atoms with Gasteiger partial charge in [-0.1, -0.05) is 41.9 Å². The summed E-state index contributed by atoms with van der Waals surface area (Å²) in [6, 6.07) is 21.4. The Balaban J connectivity index is 1.16. The largest absolute Gasteiger partial charge is 0.460 e. The van der Waals surface area contributed by atoms with E-state index in [0.29, 0.717) is 18.0 Å². The molecule has 2 aromatic carbocycles. The van der Waals surface area contributed by atoms with Crippen molar-refractivity contribution in [1.29, 1.82) is 0 Å². The molecule has 0 saturated heterocycles. The van der Waals surface area contributed by atoms with Crippen LogP contribution in [0.2, 0.25) is 5.02 Å². The number of hydrogen-bond acceptors (Lipinski definition) is 5. The first-order valence-electron chi connectivity index (χ1n) is 11.4. The van der Waals surface area contributed by atoms with Crippen LogP contribution in [0.5, 0.6) is 0 Å². The average Bonchev–Trinajstić information content (AvgIpc) is 3.42. The molecule has 8 heteroatoms. The molecule has 1 N–H and O–H groups in total. The number of halogens is 1. The summed E-state index contributed by atoms with van der Waals surface area (Å²) < 4.78 is 8.21. The third-order valence-electron chi connectivity index (χ3n) is 6.02. The Morgan fingerprint density at radius 2 is 1.79 bits per heavy atom. The van der Waals surface area contributed by atoms with Gasteiger partial charge < -0.3 is 14.3 Å². The van der Waals surface area contributed by atoms with Crippen LogP contribution in [0.1, 0.15) is 23.0 Å². The fourth-order valence-electron chi connectivity index (χ4n) is 4.19. The third-order valence-corrected chi connectivity index (χ3v) is 6.27. The highest BCUT2D eigenvalue weighted by atomic mass is 35.5. The number of fused-ring (bicyclic) bond motifs is 1. The molecule has 4 aromatic rings. The maximum atomic E-state index is 12.3. The molecule has 0 saturated carbocycles. The van der Waals surface area contributed by atoms with Gasteiger partial charge in [0.25, 0.3) is 0 Å². The number of aromatic nitrogens is 3. The summed E-state index contributed by atoms with van der Waals surface area (Å²) in [5.41, 5.74) is 2.00. The van der Waals surface area contributed by atoms with Gasteiger partial charge in [0.1, 0.15) is 17.3 Å². The van der Waals surface area contributed by atoms with Crippen molar-refractivity contribution in [2.75, 3.05) is 13.1 Å². The first-order valence-corrected chi connectivity index (χ1v) is 11.8. The lowest BCUT2D eigenvalue weighted by Crippen LogP contribution is -2.28. The van der Waals surface area contributed by atoms with Gasteiger partial charge in [0.05, 0.1) is 19.5 Å². The highest BCUT2D eigenvalue weighted by Gasteiger charge is 2.20. The highest BCUT2D eigenvalue weighted by Crippen LogP contribution is 2.24. The number of nitrogens with zero attached hydrogens (tertiary/aromatic N) is 4. The maximum absolute atomic E-state index is 12.3. The predicted molar refractivity (Wildman–Crippen MR) is 130 cm³/mol. The molecule has 3 heterocycles. The molecule has 0 radical (unpaired) electrons. The van der Waals surface area contributed by atoms with E-state index in [0.717, 1.165) is 66.9 Å². The van der Waals surface area contributed by atoms with Crippen LogP contribution in [0.3, 0.4) is 0 Å². The maximum Gasteiger partial charge on any atom is 0.224 e. The number of rotatable bonds is 7. The molecule has 0 bridgehead atoms. The van der Waals surface area contributed by atoms with E-state index >= 15 is 0 Å². The number of furan rings is 1. The molecule has 2 aromatic heterocycles. The van der Waals surface area contributed by atoms with Gasteiger partial charge in [-0.3, -0.25) is 9.69 Å². The lowest BCUT2D eigenvalue weighted by molar-refractivity contribution is -0.120. The molecule has 0 atom stereocenters. The van der Waals surface area contributed by atoms with Gasteiger partial charge in [-0.15, -0.1) is 10.2 Å². The lowest BCUT2D eigenvalue weighted by atomic mass is 10.1. The quantitative estimate of drug-likeness (QED) is 0.435. The SMILES string of the molecule is O=C(Cc1ccccc1)NCc1nnc2n1CCN(Cc1ccc(-c3ccc(Cl)cc3)o1)CC2. The van der Waals surface area contributed by atoms with E-state index in [1.54, 1.807) is 0 Å². The molecule has 1 amide bonds. The fourth-order valence-corrected chi connectivity index (χ4v) is 4.32. The van der Waals surface area contributed by atoms with Crippen molar-refractivity contribution in [3.05, 3.63) is 94.7 Å². The minimum Gasteiger partial charge on any atom is -0.460 e. The van der Waals surface area contributed by atoms with Gasteiger partial charge >= 0.3 is 0 Å². The number of amides is 1. The van der Waals surface area contributed by atoms with Crippen molar-refractivity contribution in [3.8, 4) is 11.3 Å². The van der Waals surface area contributed by atoms with Gasteiger partial charge in [-0.2, -0.15) is 0 Å². The topological polar surface area (TPSA) is 76.2 Å². The van der Waals surface area contributed by atoms with Gasteiger partial charge in [0.15, 0.2) is 5.82 Å². The van der Waals surface area contributed by atoms with E-state index in [4.69, 9.17) is 16.0 Å². The van der Waals surface area contributed by atoms with Crippen molar-refractivity contribution >= 4 is 17.5 Å². The summed E-state index contributed by atoms with van der Waals surface area (Å²) >= 11 is 5.99. The molecule has 7 nitrogen and oxygen atoms in total. The lowest BCUT2D eigenvalue weighted by Gasteiger charge is -2.18. The molecule has 0 fully saturated rings. The molecule has 174 valence electrons. The average molecular weight is 476 g/mol. The third kappa shape index (κ3) is 5.38. The summed E-state index contributed by atoms with van der Waals surface area (Å²) in [5.74, 6) is 3.49. The number of carbonyl (C=O) groups is 1. The molecule has 0 aliphatic carbocycles. The van der Waals surface area contributed by atoms with Crippen molar-refractivity contribution < 1.29 is 9.21 Å². The molecule has 0 unspecified atom stereocenters. The van der Waals surface area contributed by atoms with E-state index in [9.17, 15) is 4.79 Å². The van der Waals surface area contributed by atoms with Gasteiger partial charge in [-0.25, -0.2) is 0 Å². The Bertz CT molecular complexity index is 1250. The van der Waals surface area contributed by atoms with Crippen molar-refractivity contribution in [2.24, 2.45) is 0 Å². The Morgan fingerprint density at radius 1 is 0.971 bits per heavy atom. The zero-order chi connectivity index (χ0) is 23.3. The Labute approximate surface area is 203 Å². The summed E-state index contributed by atoms with van der Waals surface area (Å²) in [5, 5.41) is 12.4. The number of nitrogens with one attached hydrogen (secondary N) is 1. The van der Waals surface area contributed by atoms with Gasteiger partial charge in [0.2, 0.25) is 5.91 Å². The standard InChI is InChI=1S/C26H26ClN5O2/c27-21-8-6-20(7-9-21)23-11-10-22(34-23)18-31-13-12-24-29-30-25(32(24)15-14-31)17-28-26(33)16-19-4-2-1-3-5-19/h1-11H,12-18H2,(H,28,33). The monoisotopic (exact) mass is 475 g/mol. The van der Waals surface area contributed by atoms with Crippen LogP contribution >= 0.6 is 11.6 Å². The van der Waals surface area contributed by atoms with Crippen molar-refractivity contribution in [2.45, 2.75) is 32.5 Å². The van der Waals surface area contributed by atoms with Gasteiger partial charge in [-0.05, 0) is 42.0 Å². The van der Waals surface area contributed by atoms with Crippen LogP contribution < -0.4 is 5.32 Å².